The Morgan fingerprint density at radius 3 is 2.64 bits per heavy atom. The maximum atomic E-state index is 12.3. The molecular weight excluding hydrogens is 278 g/mol. The van der Waals surface area contributed by atoms with Gasteiger partial charge in [0.05, 0.1) is 0 Å². The fraction of sp³-hybridized carbons (Fsp3) is 0.118. The summed E-state index contributed by atoms with van der Waals surface area (Å²) >= 11 is 0. The van der Waals surface area contributed by atoms with Gasteiger partial charge >= 0.3 is 0 Å². The molecule has 0 aliphatic rings. The number of amidine groups is 1. The van der Waals surface area contributed by atoms with Gasteiger partial charge in [0.1, 0.15) is 7.11 Å². The van der Waals surface area contributed by atoms with Crippen LogP contribution in [0.3, 0.4) is 0 Å². The summed E-state index contributed by atoms with van der Waals surface area (Å²) in [4.78, 5) is 22.6. The first-order chi connectivity index (χ1) is 10.7. The number of pyridine rings is 1. The van der Waals surface area contributed by atoms with Gasteiger partial charge in [-0.15, -0.1) is 0 Å². The summed E-state index contributed by atoms with van der Waals surface area (Å²) in [5, 5.41) is 3.92. The van der Waals surface area contributed by atoms with Crippen molar-refractivity contribution >= 4 is 17.8 Å². The highest BCUT2D eigenvalue weighted by Gasteiger charge is 2.15. The van der Waals surface area contributed by atoms with E-state index in [0.29, 0.717) is 11.4 Å². The monoisotopic (exact) mass is 295 g/mol. The number of benzene rings is 1. The third-order valence-electron chi connectivity index (χ3n) is 2.96. The molecule has 0 N–H and O–H groups in total. The quantitative estimate of drug-likeness (QED) is 0.377. The molecule has 0 unspecified atom stereocenters. The zero-order valence-corrected chi connectivity index (χ0v) is 12.5. The second-order valence-electron chi connectivity index (χ2n) is 4.48. The number of nitrogens with zero attached hydrogens (tertiary/aromatic N) is 3. The molecule has 0 bridgehead atoms. The average Bonchev–Trinajstić information content (AvgIpc) is 2.58. The Hall–Kier alpha value is -2.95. The molecule has 0 aliphatic carbocycles. The summed E-state index contributed by atoms with van der Waals surface area (Å²) in [6, 6.07) is 13.2. The third kappa shape index (κ3) is 4.02. The van der Waals surface area contributed by atoms with Crippen LogP contribution in [-0.2, 0) is 9.63 Å². The molecule has 22 heavy (non-hydrogen) atoms. The highest BCUT2D eigenvalue weighted by Crippen LogP contribution is 2.06. The fourth-order valence-corrected chi connectivity index (χ4v) is 1.84. The summed E-state index contributed by atoms with van der Waals surface area (Å²) in [7, 11) is 3.08. The summed E-state index contributed by atoms with van der Waals surface area (Å²) in [5.41, 5.74) is 1.66. The largest absolute Gasteiger partial charge is 0.397 e. The minimum Gasteiger partial charge on any atom is -0.397 e. The molecule has 0 saturated heterocycles. The first kappa shape index (κ1) is 15.4. The number of oxime groups is 1. The maximum Gasteiger partial charge on any atom is 0.251 e. The van der Waals surface area contributed by atoms with E-state index in [4.69, 9.17) is 4.84 Å². The summed E-state index contributed by atoms with van der Waals surface area (Å²) in [5.74, 6) is 0.196. The molecule has 0 spiro atoms. The Bertz CT molecular complexity index is 667. The first-order valence-electron chi connectivity index (χ1n) is 6.74. The van der Waals surface area contributed by atoms with E-state index in [1.165, 1.54) is 18.1 Å². The van der Waals surface area contributed by atoms with E-state index in [0.717, 1.165) is 5.56 Å². The van der Waals surface area contributed by atoms with Crippen molar-refractivity contribution in [3.05, 3.63) is 72.1 Å². The van der Waals surface area contributed by atoms with Gasteiger partial charge in [0.25, 0.3) is 5.91 Å². The molecule has 0 aliphatic heterocycles. The molecule has 0 saturated carbocycles. The van der Waals surface area contributed by atoms with Crippen LogP contribution in [0.25, 0.3) is 6.08 Å². The Balaban J connectivity index is 2.17. The van der Waals surface area contributed by atoms with Crippen LogP contribution in [0.5, 0.6) is 0 Å². The van der Waals surface area contributed by atoms with E-state index in [2.05, 4.69) is 10.1 Å². The lowest BCUT2D eigenvalue weighted by Crippen LogP contribution is -2.32. The molecule has 1 heterocycles. The molecule has 1 amide bonds. The standard InChI is InChI=1S/C17H17N3O2/c1-20(16(21)11-10-14-7-4-3-5-8-14)17(19-22-2)15-9-6-12-18-13-15/h3-13H,1-2H3/b11-10+,19-17-. The van der Waals surface area contributed by atoms with Crippen LogP contribution < -0.4 is 0 Å². The predicted octanol–water partition coefficient (Wildman–Crippen LogP) is 2.56. The van der Waals surface area contributed by atoms with Crippen LogP contribution in [0.2, 0.25) is 0 Å². The smallest absolute Gasteiger partial charge is 0.251 e. The van der Waals surface area contributed by atoms with Crippen LogP contribution in [0.4, 0.5) is 0 Å². The van der Waals surface area contributed by atoms with E-state index in [-0.39, 0.29) is 5.91 Å². The number of carbonyl (C=O) groups is 1. The Morgan fingerprint density at radius 2 is 2.00 bits per heavy atom. The van der Waals surface area contributed by atoms with E-state index in [1.807, 2.05) is 36.4 Å². The highest BCUT2D eigenvalue weighted by atomic mass is 16.6. The molecule has 0 radical (unpaired) electrons. The number of amides is 1. The normalized spacial score (nSPS) is 11.5. The van der Waals surface area contributed by atoms with Crippen LogP contribution in [0.1, 0.15) is 11.1 Å². The minimum atomic E-state index is -0.205. The van der Waals surface area contributed by atoms with Crippen molar-refractivity contribution < 1.29 is 9.63 Å². The van der Waals surface area contributed by atoms with Gasteiger partial charge in [-0.05, 0) is 23.8 Å². The molecular formula is C17H17N3O2. The molecule has 1 aromatic carbocycles. The van der Waals surface area contributed by atoms with Crippen molar-refractivity contribution in [3.63, 3.8) is 0 Å². The second-order valence-corrected chi connectivity index (χ2v) is 4.48. The summed E-state index contributed by atoms with van der Waals surface area (Å²) < 4.78 is 0. The van der Waals surface area contributed by atoms with Crippen molar-refractivity contribution in [2.45, 2.75) is 0 Å². The van der Waals surface area contributed by atoms with Gasteiger partial charge in [0, 0.05) is 31.1 Å². The van der Waals surface area contributed by atoms with Gasteiger partial charge in [-0.25, -0.2) is 0 Å². The number of hydrogen-bond acceptors (Lipinski definition) is 4. The lowest BCUT2D eigenvalue weighted by molar-refractivity contribution is -0.121. The molecule has 5 heteroatoms. The highest BCUT2D eigenvalue weighted by molar-refractivity contribution is 6.10. The van der Waals surface area contributed by atoms with E-state index in [1.54, 1.807) is 31.6 Å². The van der Waals surface area contributed by atoms with Crippen molar-refractivity contribution in [1.29, 1.82) is 0 Å². The summed E-state index contributed by atoms with van der Waals surface area (Å²) in [6.45, 7) is 0. The number of aromatic nitrogens is 1. The van der Waals surface area contributed by atoms with Crippen LogP contribution in [-0.4, -0.2) is 35.8 Å². The number of rotatable bonds is 4. The van der Waals surface area contributed by atoms with Gasteiger partial charge in [0.2, 0.25) is 0 Å². The second kappa shape index (κ2) is 7.73. The average molecular weight is 295 g/mol. The van der Waals surface area contributed by atoms with Crippen molar-refractivity contribution in [1.82, 2.24) is 9.88 Å². The van der Waals surface area contributed by atoms with Crippen LogP contribution in [0.15, 0.2) is 66.1 Å². The van der Waals surface area contributed by atoms with Gasteiger partial charge in [-0.2, -0.15) is 0 Å². The van der Waals surface area contributed by atoms with Crippen LogP contribution in [0, 0.1) is 0 Å². The number of carbonyl (C=O) groups excluding carboxylic acids is 1. The fourth-order valence-electron chi connectivity index (χ4n) is 1.84. The topological polar surface area (TPSA) is 54.8 Å². The van der Waals surface area contributed by atoms with Crippen molar-refractivity contribution in [3.8, 4) is 0 Å². The first-order valence-corrected chi connectivity index (χ1v) is 6.74. The van der Waals surface area contributed by atoms with Gasteiger partial charge in [-0.3, -0.25) is 14.7 Å². The molecule has 0 atom stereocenters. The zero-order valence-electron chi connectivity index (χ0n) is 12.5. The van der Waals surface area contributed by atoms with Gasteiger partial charge < -0.3 is 4.84 Å². The molecule has 0 fully saturated rings. The molecule has 2 rings (SSSR count). The number of likely N-dealkylation sites (N-methyl/N-ethyl adjacent to an activating group) is 1. The zero-order chi connectivity index (χ0) is 15.8. The molecule has 5 nitrogen and oxygen atoms in total. The Labute approximate surface area is 129 Å². The molecule has 2 aromatic rings. The van der Waals surface area contributed by atoms with E-state index in [9.17, 15) is 4.79 Å². The van der Waals surface area contributed by atoms with Crippen molar-refractivity contribution in [2.24, 2.45) is 5.16 Å². The van der Waals surface area contributed by atoms with Crippen LogP contribution >= 0.6 is 0 Å². The number of hydrogen-bond donors (Lipinski definition) is 0. The van der Waals surface area contributed by atoms with Gasteiger partial charge in [-0.1, -0.05) is 35.5 Å². The van der Waals surface area contributed by atoms with E-state index >= 15 is 0 Å². The lowest BCUT2D eigenvalue weighted by Gasteiger charge is -2.16. The van der Waals surface area contributed by atoms with E-state index < -0.39 is 0 Å². The third-order valence-corrected chi connectivity index (χ3v) is 2.96. The lowest BCUT2D eigenvalue weighted by atomic mass is 10.2. The van der Waals surface area contributed by atoms with Crippen molar-refractivity contribution in [2.75, 3.05) is 14.2 Å². The molecule has 1 aromatic heterocycles. The van der Waals surface area contributed by atoms with Gasteiger partial charge in [0.15, 0.2) is 5.84 Å². The Morgan fingerprint density at radius 1 is 1.23 bits per heavy atom. The maximum absolute atomic E-state index is 12.3. The summed E-state index contributed by atoms with van der Waals surface area (Å²) in [6.07, 6.45) is 6.54. The molecule has 112 valence electrons. The Kier molecular flexibility index (Phi) is 5.43. The minimum absolute atomic E-state index is 0.205. The SMILES string of the molecule is CO/N=C(/c1cccnc1)N(C)C(=O)/C=C/c1ccccc1. The predicted molar refractivity (Wildman–Crippen MR) is 86.0 cm³/mol.